The highest BCUT2D eigenvalue weighted by Gasteiger charge is 2.59. The fourth-order valence-corrected chi connectivity index (χ4v) is 5.85. The van der Waals surface area contributed by atoms with Crippen LogP contribution >= 0.6 is 39.9 Å². The number of aliphatic hydroxyl groups is 2. The lowest BCUT2D eigenvalue weighted by atomic mass is 9.76. The predicted octanol–water partition coefficient (Wildman–Crippen LogP) is 3.31. The van der Waals surface area contributed by atoms with E-state index in [1.165, 1.54) is 34.6 Å². The molecule has 38 heavy (non-hydrogen) atoms. The molecule has 1 fully saturated rings. The van der Waals surface area contributed by atoms with Gasteiger partial charge in [0.1, 0.15) is 35.0 Å². The number of aliphatic hydroxyl groups excluding tert-OH is 2. The molecule has 0 spiro atoms. The zero-order chi connectivity index (χ0) is 27.0. The minimum absolute atomic E-state index is 0.0154. The molecular formula is C23H19BrF3N5O4S2. The van der Waals surface area contributed by atoms with Crippen molar-refractivity contribution in [1.29, 1.82) is 0 Å². The average Bonchev–Trinajstić information content (AvgIpc) is 3.60. The summed E-state index contributed by atoms with van der Waals surface area (Å²) in [5.74, 6) is -4.41. The minimum atomic E-state index is -1.66. The number of pyridine rings is 1. The molecule has 4 aromatic rings. The lowest BCUT2D eigenvalue weighted by Crippen LogP contribution is -2.68. The Labute approximate surface area is 231 Å². The third kappa shape index (κ3) is 4.76. The van der Waals surface area contributed by atoms with Crippen LogP contribution in [0.5, 0.6) is 0 Å². The highest BCUT2D eigenvalue weighted by Crippen LogP contribution is 2.45. The number of aromatic nitrogens is 5. The van der Waals surface area contributed by atoms with E-state index in [4.69, 9.17) is 9.47 Å². The van der Waals surface area contributed by atoms with Crippen molar-refractivity contribution < 1.29 is 32.9 Å². The topological polar surface area (TPSA) is 115 Å². The first kappa shape index (κ1) is 27.2. The van der Waals surface area contributed by atoms with Crippen molar-refractivity contribution in [3.8, 4) is 11.3 Å². The number of halogens is 4. The van der Waals surface area contributed by atoms with Crippen LogP contribution < -0.4 is 0 Å². The quantitative estimate of drug-likeness (QED) is 0.211. The molecule has 3 aromatic heterocycles. The van der Waals surface area contributed by atoms with E-state index >= 15 is 0 Å². The molecule has 0 aliphatic carbocycles. The number of rotatable bonds is 7. The summed E-state index contributed by atoms with van der Waals surface area (Å²) in [5.41, 5.74) is -0.116. The van der Waals surface area contributed by atoms with E-state index in [-0.39, 0.29) is 17.9 Å². The maximum absolute atomic E-state index is 14.0. The lowest BCUT2D eigenvalue weighted by molar-refractivity contribution is -0.222. The molecule has 1 aromatic carbocycles. The molecule has 5 atom stereocenters. The van der Waals surface area contributed by atoms with Gasteiger partial charge in [-0.2, -0.15) is 0 Å². The first-order chi connectivity index (χ1) is 18.2. The molecule has 2 N–H and O–H groups in total. The van der Waals surface area contributed by atoms with Gasteiger partial charge in [0, 0.05) is 33.4 Å². The van der Waals surface area contributed by atoms with Gasteiger partial charge in [-0.15, -0.1) is 29.1 Å². The Bertz CT molecular complexity index is 1410. The Hall–Kier alpha value is -2.40. The minimum Gasteiger partial charge on any atom is -0.394 e. The molecule has 15 heteroatoms. The van der Waals surface area contributed by atoms with Crippen molar-refractivity contribution in [2.24, 2.45) is 0 Å². The van der Waals surface area contributed by atoms with E-state index < -0.39 is 53.3 Å². The molecule has 0 saturated carbocycles. The predicted molar refractivity (Wildman–Crippen MR) is 136 cm³/mol. The standard InChI is InChI=1S/C23H19BrF3N5O4S2/c24-13-3-12(4-28-5-13)23(32-6-17(30-31-32)11-1-15(25)19(27)16(26)2-11)20(34)18(7-33)36-22(37)21(23)35-8-14-9-38-10-29-14/h1-6,9-10,18,20-22,33-34,37H,7-8H2/t18-,20+,21+,22-,23+/m0/s1. The van der Waals surface area contributed by atoms with Crippen LogP contribution in [0.3, 0.4) is 0 Å². The fraction of sp³-hybridized carbons (Fsp3) is 0.304. The molecule has 1 aliphatic heterocycles. The number of hydrogen-bond acceptors (Lipinski definition) is 10. The van der Waals surface area contributed by atoms with Crippen molar-refractivity contribution in [3.63, 3.8) is 0 Å². The van der Waals surface area contributed by atoms with E-state index in [2.05, 4.69) is 48.8 Å². The Morgan fingerprint density at radius 3 is 2.63 bits per heavy atom. The third-order valence-corrected chi connectivity index (χ3v) is 7.67. The summed E-state index contributed by atoms with van der Waals surface area (Å²) in [6, 6.07) is 3.25. The second kappa shape index (κ2) is 11.0. The Kier molecular flexibility index (Phi) is 7.86. The summed E-state index contributed by atoms with van der Waals surface area (Å²) >= 11 is 9.34. The van der Waals surface area contributed by atoms with Gasteiger partial charge in [0.2, 0.25) is 0 Å². The smallest absolute Gasteiger partial charge is 0.194 e. The third-order valence-electron chi connectivity index (χ3n) is 6.20. The molecule has 1 saturated heterocycles. The number of benzene rings is 1. The number of thiazole rings is 1. The Balaban J connectivity index is 1.70. The van der Waals surface area contributed by atoms with Gasteiger partial charge < -0.3 is 19.7 Å². The Morgan fingerprint density at radius 2 is 1.97 bits per heavy atom. The van der Waals surface area contributed by atoms with Gasteiger partial charge in [-0.3, -0.25) is 4.98 Å². The van der Waals surface area contributed by atoms with E-state index in [9.17, 15) is 23.4 Å². The molecule has 0 unspecified atom stereocenters. The van der Waals surface area contributed by atoms with Crippen molar-refractivity contribution in [1.82, 2.24) is 25.0 Å². The monoisotopic (exact) mass is 629 g/mol. The molecule has 5 rings (SSSR count). The normalized spacial score (nSPS) is 25.6. The summed E-state index contributed by atoms with van der Waals surface area (Å²) in [6.07, 6.45) is 0.638. The second-order valence-corrected chi connectivity index (χ2v) is 10.6. The van der Waals surface area contributed by atoms with Crippen molar-refractivity contribution in [2.75, 3.05) is 6.61 Å². The van der Waals surface area contributed by atoms with Gasteiger partial charge in [-0.1, -0.05) is 5.21 Å². The van der Waals surface area contributed by atoms with Gasteiger partial charge in [0.05, 0.1) is 30.6 Å². The van der Waals surface area contributed by atoms with E-state index in [0.29, 0.717) is 15.7 Å². The molecule has 9 nitrogen and oxygen atoms in total. The molecule has 1 aliphatic rings. The van der Waals surface area contributed by atoms with Crippen LogP contribution in [0.25, 0.3) is 11.3 Å². The van der Waals surface area contributed by atoms with Crippen LogP contribution in [-0.4, -0.2) is 65.5 Å². The van der Waals surface area contributed by atoms with Crippen LogP contribution in [0.1, 0.15) is 11.3 Å². The average molecular weight is 630 g/mol. The van der Waals surface area contributed by atoms with Gasteiger partial charge in [-0.05, 0) is 34.1 Å². The number of nitrogens with zero attached hydrogens (tertiary/aromatic N) is 5. The van der Waals surface area contributed by atoms with E-state index in [1.807, 2.05) is 0 Å². The zero-order valence-electron chi connectivity index (χ0n) is 19.2. The van der Waals surface area contributed by atoms with E-state index in [1.54, 1.807) is 17.0 Å². The summed E-state index contributed by atoms with van der Waals surface area (Å²) in [7, 11) is 0. The summed E-state index contributed by atoms with van der Waals surface area (Å²) in [5, 5.41) is 31.8. The summed E-state index contributed by atoms with van der Waals surface area (Å²) in [4.78, 5) is 8.45. The van der Waals surface area contributed by atoms with Crippen LogP contribution in [0.2, 0.25) is 0 Å². The van der Waals surface area contributed by atoms with Crippen molar-refractivity contribution >= 4 is 39.9 Å². The molecule has 0 radical (unpaired) electrons. The first-order valence-corrected chi connectivity index (χ1v) is 13.3. The van der Waals surface area contributed by atoms with Crippen LogP contribution in [0.4, 0.5) is 13.2 Å². The summed E-state index contributed by atoms with van der Waals surface area (Å²) < 4.78 is 55.4. The van der Waals surface area contributed by atoms with Crippen LogP contribution in [-0.2, 0) is 21.6 Å². The van der Waals surface area contributed by atoms with Gasteiger partial charge in [-0.25, -0.2) is 22.8 Å². The highest BCUT2D eigenvalue weighted by atomic mass is 79.9. The second-order valence-electron chi connectivity index (χ2n) is 8.42. The fourth-order valence-electron chi connectivity index (χ4n) is 4.47. The van der Waals surface area contributed by atoms with Gasteiger partial charge >= 0.3 is 0 Å². The summed E-state index contributed by atoms with van der Waals surface area (Å²) in [6.45, 7) is -0.555. The van der Waals surface area contributed by atoms with Crippen molar-refractivity contribution in [3.05, 3.63) is 80.9 Å². The SMILES string of the molecule is OC[C@@H]1O[C@@H](S)[C@@H](OCc2cscn2)[C@](c2cncc(Br)c2)(n2cc(-c3cc(F)c(F)c(F)c3)nn2)[C@@H]1O. The number of thiol groups is 1. The number of ether oxygens (including phenoxy) is 2. The Morgan fingerprint density at radius 1 is 1.21 bits per heavy atom. The molecule has 4 heterocycles. The molecular weight excluding hydrogens is 611 g/mol. The zero-order valence-corrected chi connectivity index (χ0v) is 22.5. The van der Waals surface area contributed by atoms with Crippen molar-refractivity contribution in [2.45, 2.75) is 35.9 Å². The van der Waals surface area contributed by atoms with Crippen LogP contribution in [0, 0.1) is 17.5 Å². The van der Waals surface area contributed by atoms with Gasteiger partial charge in [0.25, 0.3) is 0 Å². The number of hydrogen-bond donors (Lipinski definition) is 3. The van der Waals surface area contributed by atoms with E-state index in [0.717, 1.165) is 12.1 Å². The lowest BCUT2D eigenvalue weighted by Gasteiger charge is -2.51. The molecule has 0 amide bonds. The first-order valence-electron chi connectivity index (χ1n) is 11.1. The van der Waals surface area contributed by atoms with Gasteiger partial charge in [0.15, 0.2) is 17.5 Å². The largest absolute Gasteiger partial charge is 0.394 e. The maximum Gasteiger partial charge on any atom is 0.194 e. The maximum atomic E-state index is 14.0. The molecule has 200 valence electrons. The van der Waals surface area contributed by atoms with Crippen LogP contribution in [0.15, 0.2) is 52.2 Å². The molecule has 0 bridgehead atoms. The highest BCUT2D eigenvalue weighted by molar-refractivity contribution is 9.10.